The molecule has 1 aromatic carbocycles. The van der Waals surface area contributed by atoms with Crippen molar-refractivity contribution >= 4 is 11.0 Å². The van der Waals surface area contributed by atoms with E-state index in [4.69, 9.17) is 4.52 Å². The van der Waals surface area contributed by atoms with Crippen LogP contribution in [0.1, 0.15) is 57.4 Å². The highest BCUT2D eigenvalue weighted by molar-refractivity contribution is 5.81. The van der Waals surface area contributed by atoms with Crippen LogP contribution in [0.4, 0.5) is 0 Å². The number of rotatable bonds is 4. The molecular formula is C17H25NO. The molecule has 0 aliphatic rings. The van der Waals surface area contributed by atoms with Gasteiger partial charge < -0.3 is 4.52 Å². The first-order valence-corrected chi connectivity index (χ1v) is 7.28. The molecule has 0 aliphatic heterocycles. The first-order chi connectivity index (χ1) is 8.90. The zero-order valence-electron chi connectivity index (χ0n) is 12.8. The molecule has 0 saturated heterocycles. The Bertz CT molecular complexity index is 560. The SMILES string of the molecule is CCc1cc2c(C)noc2cc1CCCC(C)(C)C. The van der Waals surface area contributed by atoms with E-state index in [-0.39, 0.29) is 0 Å². The lowest BCUT2D eigenvalue weighted by Gasteiger charge is -2.18. The molecule has 0 saturated carbocycles. The fourth-order valence-electron chi connectivity index (χ4n) is 2.56. The standard InChI is InChI=1S/C17H25NO/c1-6-13-10-15-12(2)18-19-16(15)11-14(13)8-7-9-17(3,4)5/h10-11H,6-9H2,1-5H3. The van der Waals surface area contributed by atoms with Gasteiger partial charge in [0.25, 0.3) is 0 Å². The van der Waals surface area contributed by atoms with Gasteiger partial charge >= 0.3 is 0 Å². The molecule has 0 aliphatic carbocycles. The van der Waals surface area contributed by atoms with E-state index in [1.807, 2.05) is 6.92 Å². The van der Waals surface area contributed by atoms with Crippen LogP contribution in [0.5, 0.6) is 0 Å². The summed E-state index contributed by atoms with van der Waals surface area (Å²) < 4.78 is 5.39. The summed E-state index contributed by atoms with van der Waals surface area (Å²) in [6.45, 7) is 11.1. The Morgan fingerprint density at radius 1 is 1.16 bits per heavy atom. The minimum absolute atomic E-state index is 0.416. The van der Waals surface area contributed by atoms with E-state index in [9.17, 15) is 0 Å². The Morgan fingerprint density at radius 2 is 1.89 bits per heavy atom. The van der Waals surface area contributed by atoms with Crippen LogP contribution in [0.15, 0.2) is 16.7 Å². The van der Waals surface area contributed by atoms with E-state index in [2.05, 4.69) is 45.0 Å². The second-order valence-corrected chi connectivity index (χ2v) is 6.65. The molecule has 104 valence electrons. The van der Waals surface area contributed by atoms with Crippen LogP contribution in [0.3, 0.4) is 0 Å². The monoisotopic (exact) mass is 259 g/mol. The summed E-state index contributed by atoms with van der Waals surface area (Å²) in [6.07, 6.45) is 4.69. The molecule has 1 heterocycles. The van der Waals surface area contributed by atoms with Crippen molar-refractivity contribution in [1.82, 2.24) is 5.16 Å². The Kier molecular flexibility index (Phi) is 3.98. The highest BCUT2D eigenvalue weighted by Crippen LogP contribution is 2.27. The van der Waals surface area contributed by atoms with Crippen LogP contribution in [0.2, 0.25) is 0 Å². The second kappa shape index (κ2) is 5.36. The maximum absolute atomic E-state index is 5.39. The van der Waals surface area contributed by atoms with Gasteiger partial charge in [-0.2, -0.15) is 0 Å². The van der Waals surface area contributed by atoms with E-state index < -0.39 is 0 Å². The third-order valence-electron chi connectivity index (χ3n) is 3.73. The quantitative estimate of drug-likeness (QED) is 0.766. The summed E-state index contributed by atoms with van der Waals surface area (Å²) >= 11 is 0. The van der Waals surface area contributed by atoms with Crippen LogP contribution in [0.25, 0.3) is 11.0 Å². The van der Waals surface area contributed by atoms with E-state index in [1.54, 1.807) is 0 Å². The molecule has 0 amide bonds. The maximum atomic E-state index is 5.39. The Balaban J connectivity index is 2.21. The number of aromatic nitrogens is 1. The number of nitrogens with zero attached hydrogens (tertiary/aromatic N) is 1. The number of fused-ring (bicyclic) bond motifs is 1. The molecule has 2 rings (SSSR count). The molecule has 0 atom stereocenters. The Morgan fingerprint density at radius 3 is 2.53 bits per heavy atom. The van der Waals surface area contributed by atoms with Crippen molar-refractivity contribution in [3.8, 4) is 0 Å². The largest absolute Gasteiger partial charge is 0.356 e. The summed E-state index contributed by atoms with van der Waals surface area (Å²) in [6, 6.07) is 4.45. The summed E-state index contributed by atoms with van der Waals surface area (Å²) in [4.78, 5) is 0. The lowest BCUT2D eigenvalue weighted by molar-refractivity contribution is 0.365. The van der Waals surface area contributed by atoms with Crippen molar-refractivity contribution < 1.29 is 4.52 Å². The zero-order chi connectivity index (χ0) is 14.0. The molecule has 2 heteroatoms. The van der Waals surface area contributed by atoms with Crippen molar-refractivity contribution in [1.29, 1.82) is 0 Å². The van der Waals surface area contributed by atoms with Crippen LogP contribution < -0.4 is 0 Å². The normalized spacial score (nSPS) is 12.3. The fourth-order valence-corrected chi connectivity index (χ4v) is 2.56. The number of hydrogen-bond acceptors (Lipinski definition) is 2. The van der Waals surface area contributed by atoms with Crippen LogP contribution in [-0.4, -0.2) is 5.16 Å². The first kappa shape index (κ1) is 14.1. The van der Waals surface area contributed by atoms with Gasteiger partial charge in [0.05, 0.1) is 5.69 Å². The predicted octanol–water partition coefficient (Wildman–Crippen LogP) is 5.07. The summed E-state index contributed by atoms with van der Waals surface area (Å²) in [5.41, 5.74) is 5.20. The average Bonchev–Trinajstić information content (AvgIpc) is 2.68. The maximum Gasteiger partial charge on any atom is 0.167 e. The van der Waals surface area contributed by atoms with Gasteiger partial charge in [-0.1, -0.05) is 32.9 Å². The van der Waals surface area contributed by atoms with Crippen molar-refractivity contribution in [2.75, 3.05) is 0 Å². The van der Waals surface area contributed by atoms with E-state index in [1.165, 1.54) is 24.0 Å². The van der Waals surface area contributed by atoms with Gasteiger partial charge in [0.15, 0.2) is 5.58 Å². The molecule has 1 aromatic heterocycles. The first-order valence-electron chi connectivity index (χ1n) is 7.28. The van der Waals surface area contributed by atoms with Crippen molar-refractivity contribution in [2.45, 2.75) is 60.3 Å². The Labute approximate surface area is 116 Å². The molecule has 2 aromatic rings. The molecule has 2 nitrogen and oxygen atoms in total. The third-order valence-corrected chi connectivity index (χ3v) is 3.73. The van der Waals surface area contributed by atoms with Crippen molar-refractivity contribution in [3.63, 3.8) is 0 Å². The Hall–Kier alpha value is -1.31. The molecule has 19 heavy (non-hydrogen) atoms. The van der Waals surface area contributed by atoms with Gasteiger partial charge in [0.1, 0.15) is 0 Å². The minimum Gasteiger partial charge on any atom is -0.356 e. The van der Waals surface area contributed by atoms with Crippen LogP contribution in [-0.2, 0) is 12.8 Å². The second-order valence-electron chi connectivity index (χ2n) is 6.65. The van der Waals surface area contributed by atoms with Gasteiger partial charge in [0, 0.05) is 5.39 Å². The lowest BCUT2D eigenvalue weighted by Crippen LogP contribution is -2.05. The molecule has 0 spiro atoms. The fraction of sp³-hybridized carbons (Fsp3) is 0.588. The molecule has 0 fully saturated rings. The van der Waals surface area contributed by atoms with Crippen molar-refractivity contribution in [2.24, 2.45) is 5.41 Å². The van der Waals surface area contributed by atoms with E-state index in [0.29, 0.717) is 5.41 Å². The molecule has 0 unspecified atom stereocenters. The predicted molar refractivity (Wildman–Crippen MR) is 80.5 cm³/mol. The molecule has 0 radical (unpaired) electrons. The van der Waals surface area contributed by atoms with Gasteiger partial charge in [0.2, 0.25) is 0 Å². The van der Waals surface area contributed by atoms with Crippen molar-refractivity contribution in [3.05, 3.63) is 29.0 Å². The summed E-state index contributed by atoms with van der Waals surface area (Å²) in [5, 5.41) is 5.22. The van der Waals surface area contributed by atoms with Crippen LogP contribution in [0, 0.1) is 12.3 Å². The minimum atomic E-state index is 0.416. The number of hydrogen-bond donors (Lipinski definition) is 0. The smallest absolute Gasteiger partial charge is 0.167 e. The topological polar surface area (TPSA) is 26.0 Å². The van der Waals surface area contributed by atoms with E-state index >= 15 is 0 Å². The van der Waals surface area contributed by atoms with Gasteiger partial charge in [-0.15, -0.1) is 0 Å². The zero-order valence-corrected chi connectivity index (χ0v) is 12.8. The van der Waals surface area contributed by atoms with Crippen LogP contribution >= 0.6 is 0 Å². The lowest BCUT2D eigenvalue weighted by atomic mass is 9.88. The summed E-state index contributed by atoms with van der Waals surface area (Å²) in [7, 11) is 0. The number of benzene rings is 1. The third kappa shape index (κ3) is 3.37. The highest BCUT2D eigenvalue weighted by atomic mass is 16.5. The van der Waals surface area contributed by atoms with Gasteiger partial charge in [-0.3, -0.25) is 0 Å². The van der Waals surface area contributed by atoms with Gasteiger partial charge in [-0.25, -0.2) is 0 Å². The van der Waals surface area contributed by atoms with Gasteiger partial charge in [-0.05, 0) is 61.3 Å². The highest BCUT2D eigenvalue weighted by Gasteiger charge is 2.12. The molecule has 0 bridgehead atoms. The average molecular weight is 259 g/mol. The summed E-state index contributed by atoms with van der Waals surface area (Å²) in [5.74, 6) is 0. The molecule has 0 N–H and O–H groups in total. The van der Waals surface area contributed by atoms with E-state index in [0.717, 1.165) is 29.5 Å². The number of aryl methyl sites for hydroxylation is 3. The molecular weight excluding hydrogens is 234 g/mol.